The van der Waals surface area contributed by atoms with E-state index in [0.717, 1.165) is 11.8 Å². The third kappa shape index (κ3) is 4.02. The maximum atomic E-state index is 12.7. The van der Waals surface area contributed by atoms with Crippen LogP contribution in [-0.2, 0) is 7.05 Å². The van der Waals surface area contributed by atoms with Gasteiger partial charge < -0.3 is 19.4 Å². The quantitative estimate of drug-likeness (QED) is 0.465. The summed E-state index contributed by atoms with van der Waals surface area (Å²) in [6.07, 6.45) is 1.49. The van der Waals surface area contributed by atoms with E-state index in [1.165, 1.54) is 24.5 Å². The van der Waals surface area contributed by atoms with Gasteiger partial charge in [-0.3, -0.25) is 14.9 Å². The standard InChI is InChI=1S/C18H14ClN5O5S/c1-23-9-20-22-18(23)30-16-3-2-10(6-13(16)24(26)27)17(25)21-12-8-15-14(7-11(12)19)28-4-5-29-15/h2-3,6-9H,4-5H2,1H3,(H,21,25). The SMILES string of the molecule is Cn1cnnc1Sc1ccc(C(=O)Nc2cc3c(cc2Cl)OCCO3)cc1[N+](=O)[O-]. The van der Waals surface area contributed by atoms with E-state index in [2.05, 4.69) is 15.5 Å². The number of hydrogen-bond acceptors (Lipinski definition) is 8. The Balaban J connectivity index is 1.59. The van der Waals surface area contributed by atoms with Crippen LogP contribution >= 0.6 is 23.4 Å². The highest BCUT2D eigenvalue weighted by Crippen LogP contribution is 2.38. The number of halogens is 1. The van der Waals surface area contributed by atoms with Crippen molar-refractivity contribution in [3.8, 4) is 11.5 Å². The largest absolute Gasteiger partial charge is 0.486 e. The number of amides is 1. The molecule has 0 saturated heterocycles. The summed E-state index contributed by atoms with van der Waals surface area (Å²) in [6, 6.07) is 7.31. The molecular weight excluding hydrogens is 434 g/mol. The van der Waals surface area contributed by atoms with Crippen molar-refractivity contribution in [2.24, 2.45) is 7.05 Å². The van der Waals surface area contributed by atoms with Gasteiger partial charge in [0.25, 0.3) is 11.6 Å². The number of rotatable bonds is 5. The van der Waals surface area contributed by atoms with Gasteiger partial charge in [0, 0.05) is 30.8 Å². The fourth-order valence-corrected chi connectivity index (χ4v) is 3.76. The van der Waals surface area contributed by atoms with Crippen LogP contribution in [0.5, 0.6) is 11.5 Å². The molecule has 0 spiro atoms. The van der Waals surface area contributed by atoms with Gasteiger partial charge in [0.05, 0.1) is 20.5 Å². The Morgan fingerprint density at radius 1 is 1.27 bits per heavy atom. The van der Waals surface area contributed by atoms with Crippen LogP contribution in [-0.4, -0.2) is 38.8 Å². The number of nitro groups is 1. The van der Waals surface area contributed by atoms with E-state index in [-0.39, 0.29) is 16.3 Å². The predicted molar refractivity (Wildman–Crippen MR) is 109 cm³/mol. The van der Waals surface area contributed by atoms with Crippen LogP contribution < -0.4 is 14.8 Å². The molecule has 4 rings (SSSR count). The molecule has 0 bridgehead atoms. The zero-order valence-corrected chi connectivity index (χ0v) is 17.1. The maximum Gasteiger partial charge on any atom is 0.284 e. The van der Waals surface area contributed by atoms with Gasteiger partial charge in [-0.05, 0) is 23.9 Å². The number of nitrogens with one attached hydrogen (secondary N) is 1. The second-order valence-electron chi connectivity index (χ2n) is 6.20. The molecule has 1 aliphatic rings. The van der Waals surface area contributed by atoms with Gasteiger partial charge >= 0.3 is 0 Å². The van der Waals surface area contributed by atoms with Gasteiger partial charge in [0.1, 0.15) is 19.5 Å². The third-order valence-electron chi connectivity index (χ3n) is 4.17. The average molecular weight is 448 g/mol. The van der Waals surface area contributed by atoms with Gasteiger partial charge in [-0.15, -0.1) is 10.2 Å². The fourth-order valence-electron chi connectivity index (χ4n) is 2.71. The molecule has 0 unspecified atom stereocenters. The number of benzene rings is 2. The molecule has 1 aromatic heterocycles. The molecule has 0 atom stereocenters. The van der Waals surface area contributed by atoms with E-state index in [1.807, 2.05) is 0 Å². The van der Waals surface area contributed by atoms with Gasteiger partial charge in [-0.1, -0.05) is 11.6 Å². The van der Waals surface area contributed by atoms with Gasteiger partial charge in [0.15, 0.2) is 16.7 Å². The Morgan fingerprint density at radius 2 is 2.00 bits per heavy atom. The van der Waals surface area contributed by atoms with Crippen LogP contribution in [0.15, 0.2) is 46.7 Å². The molecule has 1 N–H and O–H groups in total. The van der Waals surface area contributed by atoms with E-state index >= 15 is 0 Å². The summed E-state index contributed by atoms with van der Waals surface area (Å²) in [6.45, 7) is 0.802. The lowest BCUT2D eigenvalue weighted by atomic mass is 10.1. The molecule has 154 valence electrons. The number of aromatic nitrogens is 3. The molecule has 0 radical (unpaired) electrons. The van der Waals surface area contributed by atoms with Crippen molar-refractivity contribution in [2.45, 2.75) is 10.1 Å². The lowest BCUT2D eigenvalue weighted by Gasteiger charge is -2.20. The number of hydrogen-bond donors (Lipinski definition) is 1. The number of fused-ring (bicyclic) bond motifs is 1. The molecular formula is C18H14ClN5O5S. The van der Waals surface area contributed by atoms with Crippen LogP contribution in [0.25, 0.3) is 0 Å². The summed E-state index contributed by atoms with van der Waals surface area (Å²) in [5.41, 5.74) is 0.199. The van der Waals surface area contributed by atoms with E-state index < -0.39 is 10.8 Å². The summed E-state index contributed by atoms with van der Waals surface area (Å²) < 4.78 is 12.6. The minimum absolute atomic E-state index is 0.106. The van der Waals surface area contributed by atoms with Crippen molar-refractivity contribution in [1.82, 2.24) is 14.8 Å². The van der Waals surface area contributed by atoms with E-state index in [0.29, 0.717) is 40.5 Å². The minimum atomic E-state index is -0.549. The fraction of sp³-hybridized carbons (Fsp3) is 0.167. The smallest absolute Gasteiger partial charge is 0.284 e. The van der Waals surface area contributed by atoms with Crippen molar-refractivity contribution in [2.75, 3.05) is 18.5 Å². The Labute approximate surface area is 179 Å². The van der Waals surface area contributed by atoms with E-state index in [1.54, 1.807) is 23.7 Å². The van der Waals surface area contributed by atoms with Crippen LogP contribution in [0, 0.1) is 10.1 Å². The van der Waals surface area contributed by atoms with Crippen LogP contribution in [0.4, 0.5) is 11.4 Å². The Bertz CT molecular complexity index is 1150. The summed E-state index contributed by atoms with van der Waals surface area (Å²) in [7, 11) is 1.73. The van der Waals surface area contributed by atoms with E-state index in [4.69, 9.17) is 21.1 Å². The maximum absolute atomic E-state index is 12.7. The summed E-state index contributed by atoms with van der Waals surface area (Å²) in [4.78, 5) is 24.0. The Hall–Kier alpha value is -3.31. The molecule has 0 aliphatic carbocycles. The second kappa shape index (κ2) is 8.20. The van der Waals surface area contributed by atoms with Crippen molar-refractivity contribution < 1.29 is 19.2 Å². The third-order valence-corrected chi connectivity index (χ3v) is 5.60. The highest BCUT2D eigenvalue weighted by Gasteiger charge is 2.21. The first kappa shape index (κ1) is 20.0. The highest BCUT2D eigenvalue weighted by molar-refractivity contribution is 7.99. The first-order valence-electron chi connectivity index (χ1n) is 8.63. The lowest BCUT2D eigenvalue weighted by Crippen LogP contribution is -2.17. The number of aryl methyl sites for hydroxylation is 1. The summed E-state index contributed by atoms with van der Waals surface area (Å²) >= 11 is 7.30. The highest BCUT2D eigenvalue weighted by atomic mass is 35.5. The van der Waals surface area contributed by atoms with Crippen LogP contribution in [0.1, 0.15) is 10.4 Å². The van der Waals surface area contributed by atoms with Crippen LogP contribution in [0.2, 0.25) is 5.02 Å². The molecule has 0 saturated carbocycles. The first-order valence-corrected chi connectivity index (χ1v) is 9.82. The molecule has 10 nitrogen and oxygen atoms in total. The first-order chi connectivity index (χ1) is 14.4. The Kier molecular flexibility index (Phi) is 5.46. The molecule has 0 fully saturated rings. The number of nitrogens with zero attached hydrogens (tertiary/aromatic N) is 4. The van der Waals surface area contributed by atoms with Crippen molar-refractivity contribution in [3.05, 3.63) is 57.4 Å². The number of nitro benzene ring substituents is 1. The molecule has 2 heterocycles. The molecule has 3 aromatic rings. The number of ether oxygens (including phenoxy) is 2. The Morgan fingerprint density at radius 3 is 2.67 bits per heavy atom. The molecule has 30 heavy (non-hydrogen) atoms. The van der Waals surface area contributed by atoms with Crippen molar-refractivity contribution in [1.29, 1.82) is 0 Å². The normalized spacial score (nSPS) is 12.5. The topological polar surface area (TPSA) is 121 Å². The van der Waals surface area contributed by atoms with Crippen LogP contribution in [0.3, 0.4) is 0 Å². The zero-order chi connectivity index (χ0) is 21.3. The van der Waals surface area contributed by atoms with Crippen molar-refractivity contribution >= 4 is 40.6 Å². The number of anilines is 1. The minimum Gasteiger partial charge on any atom is -0.486 e. The molecule has 2 aromatic carbocycles. The zero-order valence-electron chi connectivity index (χ0n) is 15.5. The molecule has 1 amide bonds. The monoisotopic (exact) mass is 447 g/mol. The number of carbonyl (C=O) groups is 1. The van der Waals surface area contributed by atoms with Gasteiger partial charge in [-0.25, -0.2) is 0 Å². The summed E-state index contributed by atoms with van der Waals surface area (Å²) in [5, 5.41) is 22.6. The molecule has 12 heteroatoms. The lowest BCUT2D eigenvalue weighted by molar-refractivity contribution is -0.387. The molecule has 1 aliphatic heterocycles. The van der Waals surface area contributed by atoms with Crippen molar-refractivity contribution in [3.63, 3.8) is 0 Å². The summed E-state index contributed by atoms with van der Waals surface area (Å²) in [5.74, 6) is 0.402. The van der Waals surface area contributed by atoms with E-state index in [9.17, 15) is 14.9 Å². The number of carbonyl (C=O) groups excluding carboxylic acids is 1. The predicted octanol–water partition coefficient (Wildman–Crippen LogP) is 3.55. The van der Waals surface area contributed by atoms with Gasteiger partial charge in [-0.2, -0.15) is 0 Å². The van der Waals surface area contributed by atoms with Gasteiger partial charge in [0.2, 0.25) is 0 Å². The second-order valence-corrected chi connectivity index (χ2v) is 7.61. The average Bonchev–Trinajstić information content (AvgIpc) is 3.13.